The van der Waals surface area contributed by atoms with Gasteiger partial charge in [-0.2, -0.15) is 5.26 Å². The van der Waals surface area contributed by atoms with Gasteiger partial charge in [0, 0.05) is 21.9 Å². The van der Waals surface area contributed by atoms with Crippen LogP contribution in [-0.4, -0.2) is 12.0 Å². The number of halogens is 2. The summed E-state index contributed by atoms with van der Waals surface area (Å²) in [5, 5.41) is 11.7. The van der Waals surface area contributed by atoms with E-state index in [-0.39, 0.29) is 0 Å². The third-order valence-corrected chi connectivity index (χ3v) is 3.87. The SMILES string of the molecule is CN(Cc1cscn1)c1c(Br)cc(Cl)cc1C#N. The molecule has 0 amide bonds. The van der Waals surface area contributed by atoms with E-state index in [9.17, 15) is 5.26 Å². The van der Waals surface area contributed by atoms with Crippen LogP contribution in [-0.2, 0) is 6.54 Å². The maximum absolute atomic E-state index is 9.17. The van der Waals surface area contributed by atoms with Crippen LogP contribution in [0.2, 0.25) is 5.02 Å². The molecule has 0 fully saturated rings. The summed E-state index contributed by atoms with van der Waals surface area (Å²) < 4.78 is 0.810. The van der Waals surface area contributed by atoms with E-state index in [0.717, 1.165) is 15.9 Å². The van der Waals surface area contributed by atoms with Gasteiger partial charge in [-0.15, -0.1) is 11.3 Å². The molecule has 0 bridgehead atoms. The molecular formula is C12H9BrClN3S. The van der Waals surface area contributed by atoms with Gasteiger partial charge in [-0.1, -0.05) is 11.6 Å². The van der Waals surface area contributed by atoms with E-state index in [2.05, 4.69) is 27.0 Å². The van der Waals surface area contributed by atoms with Crippen molar-refractivity contribution in [3.05, 3.63) is 43.8 Å². The van der Waals surface area contributed by atoms with Crippen molar-refractivity contribution in [1.82, 2.24) is 4.98 Å². The molecule has 92 valence electrons. The molecule has 1 aromatic carbocycles. The van der Waals surface area contributed by atoms with Gasteiger partial charge in [0.2, 0.25) is 0 Å². The number of thiazole rings is 1. The Labute approximate surface area is 123 Å². The van der Waals surface area contributed by atoms with Gasteiger partial charge >= 0.3 is 0 Å². The Hall–Kier alpha value is -1.09. The fraction of sp³-hybridized carbons (Fsp3) is 0.167. The Morgan fingerprint density at radius 1 is 1.56 bits per heavy atom. The number of anilines is 1. The molecule has 1 heterocycles. The predicted molar refractivity (Wildman–Crippen MR) is 78.1 cm³/mol. The molecule has 0 saturated heterocycles. The number of benzene rings is 1. The van der Waals surface area contributed by atoms with Crippen LogP contribution < -0.4 is 4.90 Å². The first-order chi connectivity index (χ1) is 8.61. The number of nitriles is 1. The van der Waals surface area contributed by atoms with Gasteiger partial charge in [0.15, 0.2) is 0 Å². The third-order valence-electron chi connectivity index (χ3n) is 2.41. The zero-order valence-corrected chi connectivity index (χ0v) is 12.7. The Kier molecular flexibility index (Phi) is 4.23. The Bertz CT molecular complexity index is 592. The van der Waals surface area contributed by atoms with Crippen LogP contribution in [0.25, 0.3) is 0 Å². The van der Waals surface area contributed by atoms with Gasteiger partial charge in [0.05, 0.1) is 29.0 Å². The first-order valence-corrected chi connectivity index (χ1v) is 7.20. The molecule has 0 spiro atoms. The fourth-order valence-corrected chi connectivity index (χ4v) is 3.34. The van der Waals surface area contributed by atoms with E-state index < -0.39 is 0 Å². The number of aromatic nitrogens is 1. The molecule has 0 unspecified atom stereocenters. The minimum absolute atomic E-state index is 0.546. The van der Waals surface area contributed by atoms with Gasteiger partial charge in [-0.25, -0.2) is 4.98 Å². The summed E-state index contributed by atoms with van der Waals surface area (Å²) in [6, 6.07) is 5.62. The molecule has 0 aliphatic rings. The molecule has 18 heavy (non-hydrogen) atoms. The molecule has 0 saturated carbocycles. The van der Waals surface area contributed by atoms with Crippen molar-refractivity contribution in [2.45, 2.75) is 6.54 Å². The average Bonchev–Trinajstić information content (AvgIpc) is 2.80. The van der Waals surface area contributed by atoms with Crippen molar-refractivity contribution in [1.29, 1.82) is 5.26 Å². The summed E-state index contributed by atoms with van der Waals surface area (Å²) in [5.41, 5.74) is 4.15. The molecule has 6 heteroatoms. The number of nitrogens with zero attached hydrogens (tertiary/aromatic N) is 3. The molecule has 3 nitrogen and oxygen atoms in total. The highest BCUT2D eigenvalue weighted by Gasteiger charge is 2.14. The summed E-state index contributed by atoms with van der Waals surface area (Å²) in [6.45, 7) is 0.651. The second-order valence-electron chi connectivity index (χ2n) is 3.73. The van der Waals surface area contributed by atoms with E-state index >= 15 is 0 Å². The number of rotatable bonds is 3. The van der Waals surface area contributed by atoms with Crippen LogP contribution in [0.1, 0.15) is 11.3 Å². The Morgan fingerprint density at radius 3 is 2.94 bits per heavy atom. The largest absolute Gasteiger partial charge is 0.367 e. The van der Waals surface area contributed by atoms with Crippen LogP contribution in [0.3, 0.4) is 0 Å². The lowest BCUT2D eigenvalue weighted by Crippen LogP contribution is -2.18. The van der Waals surface area contributed by atoms with Crippen LogP contribution in [0.15, 0.2) is 27.5 Å². The lowest BCUT2D eigenvalue weighted by Gasteiger charge is -2.21. The second kappa shape index (κ2) is 5.70. The van der Waals surface area contributed by atoms with Crippen LogP contribution in [0.5, 0.6) is 0 Å². The maximum atomic E-state index is 9.17. The molecule has 0 radical (unpaired) electrons. The molecule has 1 aromatic heterocycles. The predicted octanol–water partition coefficient (Wildman–Crippen LogP) is 4.07. The quantitative estimate of drug-likeness (QED) is 0.844. The van der Waals surface area contributed by atoms with Crippen LogP contribution >= 0.6 is 38.9 Å². The lowest BCUT2D eigenvalue weighted by atomic mass is 10.2. The van der Waals surface area contributed by atoms with Crippen molar-refractivity contribution < 1.29 is 0 Å². The highest BCUT2D eigenvalue weighted by atomic mass is 79.9. The van der Waals surface area contributed by atoms with Crippen molar-refractivity contribution in [3.8, 4) is 6.07 Å². The molecule has 0 N–H and O–H groups in total. The zero-order valence-electron chi connectivity index (χ0n) is 9.52. The van der Waals surface area contributed by atoms with Crippen LogP contribution in [0, 0.1) is 11.3 Å². The lowest BCUT2D eigenvalue weighted by molar-refractivity contribution is 0.890. The molecule has 2 aromatic rings. The van der Waals surface area contributed by atoms with E-state index in [0.29, 0.717) is 17.1 Å². The Morgan fingerprint density at radius 2 is 2.33 bits per heavy atom. The van der Waals surface area contributed by atoms with Crippen LogP contribution in [0.4, 0.5) is 5.69 Å². The van der Waals surface area contributed by atoms with E-state index in [1.54, 1.807) is 29.0 Å². The third kappa shape index (κ3) is 2.83. The Balaban J connectivity index is 2.35. The standard InChI is InChI=1S/C12H9BrClN3S/c1-17(5-10-6-18-7-16-10)12-8(4-15)2-9(14)3-11(12)13/h2-3,6-7H,5H2,1H3. The van der Waals surface area contributed by atoms with E-state index in [4.69, 9.17) is 11.6 Å². The molecule has 0 atom stereocenters. The van der Waals surface area contributed by atoms with Gasteiger partial charge in [-0.05, 0) is 28.1 Å². The first-order valence-electron chi connectivity index (χ1n) is 5.09. The summed E-state index contributed by atoms with van der Waals surface area (Å²) in [7, 11) is 1.92. The van der Waals surface area contributed by atoms with Crippen molar-refractivity contribution in [2.75, 3.05) is 11.9 Å². The number of hydrogen-bond donors (Lipinski definition) is 0. The topological polar surface area (TPSA) is 39.9 Å². The molecular weight excluding hydrogens is 334 g/mol. The fourth-order valence-electron chi connectivity index (χ4n) is 1.68. The van der Waals surface area contributed by atoms with Gasteiger partial charge in [0.25, 0.3) is 0 Å². The second-order valence-corrected chi connectivity index (χ2v) is 5.74. The minimum Gasteiger partial charge on any atom is -0.367 e. The first kappa shape index (κ1) is 13.3. The van der Waals surface area contributed by atoms with Gasteiger partial charge in [0.1, 0.15) is 6.07 Å². The van der Waals surface area contributed by atoms with Crippen molar-refractivity contribution in [2.24, 2.45) is 0 Å². The van der Waals surface area contributed by atoms with Crippen molar-refractivity contribution >= 4 is 44.6 Å². The maximum Gasteiger partial charge on any atom is 0.101 e. The normalized spacial score (nSPS) is 10.1. The van der Waals surface area contributed by atoms with E-state index in [1.807, 2.05) is 17.3 Å². The highest BCUT2D eigenvalue weighted by molar-refractivity contribution is 9.10. The smallest absolute Gasteiger partial charge is 0.101 e. The summed E-state index contributed by atoms with van der Waals surface area (Å²) in [6.07, 6.45) is 0. The summed E-state index contributed by atoms with van der Waals surface area (Å²) in [5.74, 6) is 0. The van der Waals surface area contributed by atoms with Crippen molar-refractivity contribution in [3.63, 3.8) is 0 Å². The van der Waals surface area contributed by atoms with Gasteiger partial charge in [-0.3, -0.25) is 0 Å². The number of hydrogen-bond acceptors (Lipinski definition) is 4. The van der Waals surface area contributed by atoms with Gasteiger partial charge < -0.3 is 4.90 Å². The monoisotopic (exact) mass is 341 g/mol. The summed E-state index contributed by atoms with van der Waals surface area (Å²) in [4.78, 5) is 6.22. The summed E-state index contributed by atoms with van der Waals surface area (Å²) >= 11 is 10.9. The molecule has 0 aliphatic heterocycles. The van der Waals surface area contributed by atoms with E-state index in [1.165, 1.54) is 0 Å². The molecule has 2 rings (SSSR count). The minimum atomic E-state index is 0.546. The molecule has 0 aliphatic carbocycles. The zero-order chi connectivity index (χ0) is 13.1. The average molecular weight is 343 g/mol. The highest BCUT2D eigenvalue weighted by Crippen LogP contribution is 2.33.